The highest BCUT2D eigenvalue weighted by Gasteiger charge is 2.18. The van der Waals surface area contributed by atoms with Crippen molar-refractivity contribution >= 4 is 5.97 Å². The van der Waals surface area contributed by atoms with Gasteiger partial charge in [0.25, 0.3) is 0 Å². The summed E-state index contributed by atoms with van der Waals surface area (Å²) in [4.78, 5) is 15.6. The number of nitrogens with zero attached hydrogens (tertiary/aromatic N) is 5. The molecule has 0 fully saturated rings. The first kappa shape index (κ1) is 12.2. The van der Waals surface area contributed by atoms with Gasteiger partial charge in [0.05, 0.1) is 6.61 Å². The Balaban J connectivity index is 2.11. The Kier molecular flexibility index (Phi) is 3.66. The van der Waals surface area contributed by atoms with Crippen LogP contribution < -0.4 is 0 Å². The molecule has 0 bridgehead atoms. The van der Waals surface area contributed by atoms with Gasteiger partial charge in [-0.25, -0.2) is 4.79 Å². The van der Waals surface area contributed by atoms with Crippen molar-refractivity contribution in [2.45, 2.75) is 26.8 Å². The summed E-state index contributed by atoms with van der Waals surface area (Å²) in [5, 5.41) is 11.2. The second-order valence-corrected chi connectivity index (χ2v) is 3.53. The molecule has 0 aliphatic heterocycles. The predicted octanol–water partition coefficient (Wildman–Crippen LogP) is 0.389. The van der Waals surface area contributed by atoms with Crippen LogP contribution in [0, 0.1) is 6.92 Å². The van der Waals surface area contributed by atoms with Crippen LogP contribution >= 0.6 is 0 Å². The average molecular weight is 251 g/mol. The van der Waals surface area contributed by atoms with Crippen LogP contribution in [0.1, 0.15) is 29.3 Å². The molecule has 2 aromatic rings. The van der Waals surface area contributed by atoms with E-state index in [-0.39, 0.29) is 5.82 Å². The maximum atomic E-state index is 11.6. The van der Waals surface area contributed by atoms with E-state index in [1.807, 2.05) is 0 Å². The number of rotatable bonds is 5. The maximum absolute atomic E-state index is 11.6. The number of carbonyl (C=O) groups is 1. The number of aromatic nitrogens is 5. The van der Waals surface area contributed by atoms with Crippen LogP contribution in [-0.2, 0) is 17.7 Å². The van der Waals surface area contributed by atoms with Crippen molar-refractivity contribution in [1.82, 2.24) is 24.9 Å². The Labute approximate surface area is 103 Å². The third-order valence-corrected chi connectivity index (χ3v) is 2.35. The van der Waals surface area contributed by atoms with Gasteiger partial charge < -0.3 is 13.8 Å². The van der Waals surface area contributed by atoms with Crippen LogP contribution in [0.15, 0.2) is 10.9 Å². The molecule has 8 nitrogen and oxygen atoms in total. The van der Waals surface area contributed by atoms with Crippen molar-refractivity contribution in [1.29, 1.82) is 0 Å². The first-order chi connectivity index (χ1) is 8.72. The molecule has 2 rings (SSSR count). The van der Waals surface area contributed by atoms with E-state index >= 15 is 0 Å². The van der Waals surface area contributed by atoms with Crippen molar-refractivity contribution in [2.75, 3.05) is 6.61 Å². The summed E-state index contributed by atoms with van der Waals surface area (Å²) in [7, 11) is 0. The molecule has 0 atom stereocenters. The number of hydrogen-bond acceptors (Lipinski definition) is 7. The molecule has 0 saturated heterocycles. The van der Waals surface area contributed by atoms with E-state index in [2.05, 4.69) is 20.3 Å². The molecule has 0 spiro atoms. The highest BCUT2D eigenvalue weighted by atomic mass is 16.5. The molecule has 0 saturated carbocycles. The van der Waals surface area contributed by atoms with Crippen LogP contribution in [0.4, 0.5) is 0 Å². The fraction of sp³-hybridized carbons (Fsp3) is 0.500. The van der Waals surface area contributed by atoms with Gasteiger partial charge in [-0.05, 0) is 13.8 Å². The van der Waals surface area contributed by atoms with Crippen molar-refractivity contribution < 1.29 is 14.1 Å². The van der Waals surface area contributed by atoms with Crippen molar-refractivity contribution in [3.63, 3.8) is 0 Å². The smallest absolute Gasteiger partial charge is 0.376 e. The lowest BCUT2D eigenvalue weighted by atomic mass is 10.4. The minimum Gasteiger partial charge on any atom is -0.460 e. The molecule has 18 heavy (non-hydrogen) atoms. The molecule has 96 valence electrons. The Morgan fingerprint density at radius 1 is 1.50 bits per heavy atom. The number of aryl methyl sites for hydroxylation is 2. The zero-order valence-electron chi connectivity index (χ0n) is 10.2. The van der Waals surface area contributed by atoms with Gasteiger partial charge >= 0.3 is 5.97 Å². The quantitative estimate of drug-likeness (QED) is 0.709. The summed E-state index contributed by atoms with van der Waals surface area (Å²) in [5.41, 5.74) is 0. The fourth-order valence-corrected chi connectivity index (χ4v) is 1.51. The molecule has 0 unspecified atom stereocenters. The Morgan fingerprint density at radius 3 is 3.00 bits per heavy atom. The van der Waals surface area contributed by atoms with E-state index in [0.717, 1.165) is 0 Å². The predicted molar refractivity (Wildman–Crippen MR) is 58.7 cm³/mol. The van der Waals surface area contributed by atoms with E-state index in [1.54, 1.807) is 18.4 Å². The molecule has 0 aromatic carbocycles. The summed E-state index contributed by atoms with van der Waals surface area (Å²) in [5.74, 6) is 0.841. The molecule has 0 radical (unpaired) electrons. The monoisotopic (exact) mass is 251 g/mol. The molecule has 2 heterocycles. The number of esters is 1. The van der Waals surface area contributed by atoms with Gasteiger partial charge in [-0.3, -0.25) is 0 Å². The summed E-state index contributed by atoms with van der Waals surface area (Å²) < 4.78 is 11.5. The van der Waals surface area contributed by atoms with Crippen LogP contribution in [-0.4, -0.2) is 37.5 Å². The Hall–Kier alpha value is -2.25. The zero-order valence-corrected chi connectivity index (χ0v) is 10.2. The molecule has 0 amide bonds. The minimum absolute atomic E-state index is 0.189. The summed E-state index contributed by atoms with van der Waals surface area (Å²) in [6, 6.07) is 0. The van der Waals surface area contributed by atoms with Gasteiger partial charge in [0, 0.05) is 13.0 Å². The van der Waals surface area contributed by atoms with Gasteiger partial charge in [0.1, 0.15) is 5.82 Å². The Bertz CT molecular complexity index is 520. The van der Waals surface area contributed by atoms with Crippen molar-refractivity contribution in [2.24, 2.45) is 0 Å². The first-order valence-electron chi connectivity index (χ1n) is 5.54. The maximum Gasteiger partial charge on any atom is 0.376 e. The Morgan fingerprint density at radius 2 is 2.33 bits per heavy atom. The minimum atomic E-state index is -0.483. The first-order valence-corrected chi connectivity index (χ1v) is 5.54. The highest BCUT2D eigenvalue weighted by Crippen LogP contribution is 2.05. The summed E-state index contributed by atoms with van der Waals surface area (Å²) >= 11 is 0. The van der Waals surface area contributed by atoms with E-state index in [0.29, 0.717) is 31.3 Å². The lowest BCUT2D eigenvalue weighted by molar-refractivity contribution is 0.0505. The largest absolute Gasteiger partial charge is 0.460 e. The molecule has 0 aliphatic carbocycles. The lowest BCUT2D eigenvalue weighted by Crippen LogP contribution is -2.15. The molecule has 2 aromatic heterocycles. The highest BCUT2D eigenvalue weighted by molar-refractivity contribution is 5.85. The van der Waals surface area contributed by atoms with Gasteiger partial charge in [-0.15, -0.1) is 10.2 Å². The van der Waals surface area contributed by atoms with Gasteiger partial charge in [0.15, 0.2) is 6.33 Å². The fourth-order valence-electron chi connectivity index (χ4n) is 1.51. The number of hydrogen-bond donors (Lipinski definition) is 0. The zero-order chi connectivity index (χ0) is 13.0. The number of ether oxygens (including phenoxy) is 1. The lowest BCUT2D eigenvalue weighted by Gasteiger charge is -2.06. The van der Waals surface area contributed by atoms with Gasteiger partial charge in [-0.2, -0.15) is 4.98 Å². The third-order valence-electron chi connectivity index (χ3n) is 2.35. The van der Waals surface area contributed by atoms with Crippen molar-refractivity contribution in [3.05, 3.63) is 23.9 Å². The SMILES string of the molecule is CCOC(=O)c1nnc(C)n1CCc1ncno1. The topological polar surface area (TPSA) is 95.9 Å². The molecule has 0 N–H and O–H groups in total. The molecule has 8 heteroatoms. The van der Waals surface area contributed by atoms with E-state index in [1.165, 1.54) is 6.33 Å². The normalized spacial score (nSPS) is 10.6. The van der Waals surface area contributed by atoms with E-state index < -0.39 is 5.97 Å². The molecular weight excluding hydrogens is 238 g/mol. The summed E-state index contributed by atoms with van der Waals surface area (Å²) in [6.45, 7) is 4.29. The van der Waals surface area contributed by atoms with Crippen LogP contribution in [0.2, 0.25) is 0 Å². The number of carbonyl (C=O) groups excluding carboxylic acids is 1. The van der Waals surface area contributed by atoms with Crippen LogP contribution in [0.25, 0.3) is 0 Å². The molecule has 0 aliphatic rings. The van der Waals surface area contributed by atoms with E-state index in [9.17, 15) is 4.79 Å². The van der Waals surface area contributed by atoms with Crippen molar-refractivity contribution in [3.8, 4) is 0 Å². The van der Waals surface area contributed by atoms with Gasteiger partial charge in [0.2, 0.25) is 11.7 Å². The standard InChI is InChI=1S/C10H13N5O3/c1-3-17-10(16)9-14-13-7(2)15(9)5-4-8-11-6-12-18-8/h6H,3-5H2,1-2H3. The second kappa shape index (κ2) is 5.39. The second-order valence-electron chi connectivity index (χ2n) is 3.53. The van der Waals surface area contributed by atoms with Crippen LogP contribution in [0.3, 0.4) is 0 Å². The third kappa shape index (κ3) is 2.53. The summed E-state index contributed by atoms with van der Waals surface area (Å²) in [6.07, 6.45) is 1.84. The van der Waals surface area contributed by atoms with E-state index in [4.69, 9.17) is 9.26 Å². The van der Waals surface area contributed by atoms with Crippen LogP contribution in [0.5, 0.6) is 0 Å². The van der Waals surface area contributed by atoms with Gasteiger partial charge in [-0.1, -0.05) is 5.16 Å². The average Bonchev–Trinajstić information content (AvgIpc) is 2.96. The molecular formula is C10H13N5O3.